The van der Waals surface area contributed by atoms with E-state index in [1.165, 1.54) is 5.56 Å². The Hall–Kier alpha value is -1.71. The second-order valence-electron chi connectivity index (χ2n) is 6.78. The minimum atomic E-state index is -0.436. The van der Waals surface area contributed by atoms with Gasteiger partial charge in [-0.05, 0) is 52.7 Å². The van der Waals surface area contributed by atoms with Crippen molar-refractivity contribution in [3.05, 3.63) is 29.8 Å². The predicted molar refractivity (Wildman–Crippen MR) is 85.6 cm³/mol. The van der Waals surface area contributed by atoms with Crippen LogP contribution in [0.3, 0.4) is 0 Å². The fourth-order valence-corrected chi connectivity index (χ4v) is 2.47. The average molecular weight is 290 g/mol. The Balaban J connectivity index is 1.91. The molecule has 1 heterocycles. The molecule has 116 valence electrons. The van der Waals surface area contributed by atoms with E-state index in [9.17, 15) is 4.79 Å². The van der Waals surface area contributed by atoms with Crippen molar-refractivity contribution in [2.75, 3.05) is 18.4 Å². The van der Waals surface area contributed by atoms with Crippen LogP contribution in [0.2, 0.25) is 0 Å². The Kier molecular flexibility index (Phi) is 4.76. The maximum absolute atomic E-state index is 12.1. The number of carbonyl (C=O) groups excluding carboxylic acids is 1. The zero-order chi connectivity index (χ0) is 15.5. The summed E-state index contributed by atoms with van der Waals surface area (Å²) < 4.78 is 5.45. The summed E-state index contributed by atoms with van der Waals surface area (Å²) in [5.41, 5.74) is 1.92. The van der Waals surface area contributed by atoms with Gasteiger partial charge in [-0.2, -0.15) is 0 Å². The van der Waals surface area contributed by atoms with E-state index in [-0.39, 0.29) is 12.1 Å². The molecule has 0 bridgehead atoms. The summed E-state index contributed by atoms with van der Waals surface area (Å²) in [7, 11) is 0. The SMILES string of the molecule is Cc1ccc(NC2CCCN(C(=O)OC(C)(C)C)C2)cc1. The van der Waals surface area contributed by atoms with Crippen LogP contribution in [0.1, 0.15) is 39.2 Å². The van der Waals surface area contributed by atoms with Crippen LogP contribution in [-0.4, -0.2) is 35.7 Å². The topological polar surface area (TPSA) is 41.6 Å². The highest BCUT2D eigenvalue weighted by atomic mass is 16.6. The lowest BCUT2D eigenvalue weighted by Gasteiger charge is -2.34. The molecule has 1 aliphatic heterocycles. The van der Waals surface area contributed by atoms with Gasteiger partial charge in [-0.25, -0.2) is 4.79 Å². The first kappa shape index (κ1) is 15.7. The predicted octanol–water partition coefficient (Wildman–Crippen LogP) is 3.81. The monoisotopic (exact) mass is 290 g/mol. The highest BCUT2D eigenvalue weighted by Gasteiger charge is 2.27. The largest absolute Gasteiger partial charge is 0.444 e. The first-order valence-corrected chi connectivity index (χ1v) is 7.64. The van der Waals surface area contributed by atoms with Crippen LogP contribution in [-0.2, 0) is 4.74 Å². The van der Waals surface area contributed by atoms with Crippen LogP contribution in [0.25, 0.3) is 0 Å². The normalized spacial score (nSPS) is 19.2. The number of aryl methyl sites for hydroxylation is 1. The lowest BCUT2D eigenvalue weighted by atomic mass is 10.1. The average Bonchev–Trinajstić information content (AvgIpc) is 2.40. The van der Waals surface area contributed by atoms with Crippen LogP contribution in [0.15, 0.2) is 24.3 Å². The molecule has 0 spiro atoms. The van der Waals surface area contributed by atoms with Gasteiger partial charge in [-0.3, -0.25) is 0 Å². The van der Waals surface area contributed by atoms with Gasteiger partial charge in [-0.15, -0.1) is 0 Å². The Labute approximate surface area is 127 Å². The first-order valence-electron chi connectivity index (χ1n) is 7.64. The smallest absolute Gasteiger partial charge is 0.410 e. The molecule has 1 aromatic carbocycles. The number of hydrogen-bond acceptors (Lipinski definition) is 3. The van der Waals surface area contributed by atoms with Crippen molar-refractivity contribution in [3.63, 3.8) is 0 Å². The summed E-state index contributed by atoms with van der Waals surface area (Å²) in [6.45, 7) is 9.25. The van der Waals surface area contributed by atoms with E-state index < -0.39 is 5.60 Å². The number of carbonyl (C=O) groups is 1. The Morgan fingerprint density at radius 3 is 2.57 bits per heavy atom. The van der Waals surface area contributed by atoms with Gasteiger partial charge >= 0.3 is 6.09 Å². The van der Waals surface area contributed by atoms with Gasteiger partial charge in [0.2, 0.25) is 0 Å². The highest BCUT2D eigenvalue weighted by molar-refractivity contribution is 5.68. The van der Waals surface area contributed by atoms with E-state index in [2.05, 4.69) is 36.5 Å². The number of amides is 1. The van der Waals surface area contributed by atoms with Gasteiger partial charge in [0.05, 0.1) is 0 Å². The summed E-state index contributed by atoms with van der Waals surface area (Å²) in [6.07, 6.45) is 1.87. The standard InChI is InChI=1S/C17H26N2O2/c1-13-7-9-14(10-8-13)18-15-6-5-11-19(12-15)16(20)21-17(2,3)4/h7-10,15,18H,5-6,11-12H2,1-4H3. The van der Waals surface area contributed by atoms with Crippen molar-refractivity contribution >= 4 is 11.8 Å². The van der Waals surface area contributed by atoms with E-state index in [4.69, 9.17) is 4.74 Å². The van der Waals surface area contributed by atoms with E-state index in [0.717, 1.165) is 25.1 Å². The third-order valence-corrected chi connectivity index (χ3v) is 3.50. The van der Waals surface area contributed by atoms with Crippen molar-refractivity contribution < 1.29 is 9.53 Å². The number of likely N-dealkylation sites (tertiary alicyclic amines) is 1. The van der Waals surface area contributed by atoms with E-state index in [0.29, 0.717) is 6.54 Å². The molecule has 1 amide bonds. The summed E-state index contributed by atoms with van der Waals surface area (Å²) in [5, 5.41) is 3.51. The summed E-state index contributed by atoms with van der Waals surface area (Å²) in [5.74, 6) is 0. The van der Waals surface area contributed by atoms with Crippen molar-refractivity contribution in [3.8, 4) is 0 Å². The van der Waals surface area contributed by atoms with E-state index >= 15 is 0 Å². The maximum Gasteiger partial charge on any atom is 0.410 e. The van der Waals surface area contributed by atoms with Gasteiger partial charge in [0.15, 0.2) is 0 Å². The van der Waals surface area contributed by atoms with Gasteiger partial charge in [0, 0.05) is 24.8 Å². The molecule has 4 heteroatoms. The Bertz CT molecular complexity index is 477. The minimum Gasteiger partial charge on any atom is -0.444 e. The number of anilines is 1. The van der Waals surface area contributed by atoms with Crippen molar-refractivity contribution in [2.24, 2.45) is 0 Å². The summed E-state index contributed by atoms with van der Waals surface area (Å²) >= 11 is 0. The van der Waals surface area contributed by atoms with Crippen LogP contribution >= 0.6 is 0 Å². The molecule has 1 fully saturated rings. The van der Waals surface area contributed by atoms with Crippen LogP contribution < -0.4 is 5.32 Å². The molecular formula is C17H26N2O2. The molecule has 1 aromatic rings. The molecule has 1 aliphatic rings. The molecule has 1 unspecified atom stereocenters. The zero-order valence-electron chi connectivity index (χ0n) is 13.5. The van der Waals surface area contributed by atoms with Gasteiger partial charge < -0.3 is 15.0 Å². The fourth-order valence-electron chi connectivity index (χ4n) is 2.47. The number of ether oxygens (including phenoxy) is 1. The Morgan fingerprint density at radius 2 is 1.95 bits per heavy atom. The molecule has 1 atom stereocenters. The third kappa shape index (κ3) is 4.96. The lowest BCUT2D eigenvalue weighted by molar-refractivity contribution is 0.0206. The zero-order valence-corrected chi connectivity index (χ0v) is 13.5. The van der Waals surface area contributed by atoms with Crippen molar-refractivity contribution in [2.45, 2.75) is 52.2 Å². The maximum atomic E-state index is 12.1. The van der Waals surface area contributed by atoms with Crippen molar-refractivity contribution in [1.29, 1.82) is 0 Å². The molecule has 0 aromatic heterocycles. The van der Waals surface area contributed by atoms with Gasteiger partial charge in [0.25, 0.3) is 0 Å². The second-order valence-corrected chi connectivity index (χ2v) is 6.78. The van der Waals surface area contributed by atoms with Crippen molar-refractivity contribution in [1.82, 2.24) is 4.90 Å². The quantitative estimate of drug-likeness (QED) is 0.900. The second kappa shape index (κ2) is 6.37. The first-order chi connectivity index (χ1) is 9.83. The van der Waals surface area contributed by atoms with Crippen LogP contribution in [0.5, 0.6) is 0 Å². The van der Waals surface area contributed by atoms with Crippen LogP contribution in [0.4, 0.5) is 10.5 Å². The Morgan fingerprint density at radius 1 is 1.29 bits per heavy atom. The molecule has 2 rings (SSSR count). The number of benzene rings is 1. The van der Waals surface area contributed by atoms with Crippen LogP contribution in [0, 0.1) is 6.92 Å². The van der Waals surface area contributed by atoms with Gasteiger partial charge in [0.1, 0.15) is 5.60 Å². The number of rotatable bonds is 2. The molecule has 0 saturated carbocycles. The summed E-state index contributed by atoms with van der Waals surface area (Å²) in [4.78, 5) is 13.9. The lowest BCUT2D eigenvalue weighted by Crippen LogP contribution is -2.46. The molecule has 1 N–H and O–H groups in total. The highest BCUT2D eigenvalue weighted by Crippen LogP contribution is 2.19. The minimum absolute atomic E-state index is 0.210. The number of hydrogen-bond donors (Lipinski definition) is 1. The van der Waals surface area contributed by atoms with E-state index in [1.807, 2.05) is 20.8 Å². The summed E-state index contributed by atoms with van der Waals surface area (Å²) in [6, 6.07) is 8.64. The number of nitrogens with one attached hydrogen (secondary N) is 1. The third-order valence-electron chi connectivity index (χ3n) is 3.50. The molecule has 1 saturated heterocycles. The molecule has 0 radical (unpaired) electrons. The molecular weight excluding hydrogens is 264 g/mol. The molecule has 0 aliphatic carbocycles. The van der Waals surface area contributed by atoms with Gasteiger partial charge in [-0.1, -0.05) is 17.7 Å². The molecule has 4 nitrogen and oxygen atoms in total. The number of nitrogens with zero attached hydrogens (tertiary/aromatic N) is 1. The fraction of sp³-hybridized carbons (Fsp3) is 0.588. The number of piperidine rings is 1. The molecule has 21 heavy (non-hydrogen) atoms. The van der Waals surface area contributed by atoms with E-state index in [1.54, 1.807) is 4.90 Å².